The molecule has 6 nitrogen and oxygen atoms in total. The number of carbonyl (C=O) groups excluding carboxylic acids is 2. The molecule has 0 spiro atoms. The van der Waals surface area contributed by atoms with Gasteiger partial charge in [-0.2, -0.15) is 0 Å². The van der Waals surface area contributed by atoms with Crippen LogP contribution in [0.5, 0.6) is 11.5 Å². The summed E-state index contributed by atoms with van der Waals surface area (Å²) in [4.78, 5) is 25.6. The molecule has 0 atom stereocenters. The molecule has 0 fully saturated rings. The molecule has 3 rings (SSSR count). The van der Waals surface area contributed by atoms with Crippen molar-refractivity contribution in [3.05, 3.63) is 48.5 Å². The van der Waals surface area contributed by atoms with Crippen molar-refractivity contribution in [3.8, 4) is 11.5 Å². The monoisotopic (exact) mass is 354 g/mol. The largest absolute Gasteiger partial charge is 0.494 e. The molecule has 1 aliphatic rings. The van der Waals surface area contributed by atoms with Crippen molar-refractivity contribution >= 4 is 23.2 Å². The minimum absolute atomic E-state index is 0.0210. The maximum atomic E-state index is 12.3. The lowest BCUT2D eigenvalue weighted by Crippen LogP contribution is -2.39. The number of hydrogen-bond donors (Lipinski definition) is 1. The molecule has 0 radical (unpaired) electrons. The summed E-state index contributed by atoms with van der Waals surface area (Å²) in [7, 11) is 0. The summed E-state index contributed by atoms with van der Waals surface area (Å²) >= 11 is 0. The van der Waals surface area contributed by atoms with E-state index in [9.17, 15) is 9.59 Å². The lowest BCUT2D eigenvalue weighted by molar-refractivity contribution is -0.121. The van der Waals surface area contributed by atoms with E-state index >= 15 is 0 Å². The van der Waals surface area contributed by atoms with Gasteiger partial charge in [-0.3, -0.25) is 9.59 Å². The van der Waals surface area contributed by atoms with Crippen molar-refractivity contribution in [1.29, 1.82) is 0 Å². The van der Waals surface area contributed by atoms with Gasteiger partial charge in [-0.15, -0.1) is 0 Å². The zero-order chi connectivity index (χ0) is 18.4. The summed E-state index contributed by atoms with van der Waals surface area (Å²) in [6.45, 7) is 2.84. The first-order valence-electron chi connectivity index (χ1n) is 8.72. The Labute approximate surface area is 152 Å². The molecule has 2 aromatic rings. The van der Waals surface area contributed by atoms with Crippen LogP contribution in [-0.2, 0) is 9.59 Å². The second-order valence-corrected chi connectivity index (χ2v) is 5.93. The Hall–Kier alpha value is -3.02. The van der Waals surface area contributed by atoms with Gasteiger partial charge in [0.15, 0.2) is 6.61 Å². The molecule has 0 unspecified atom stereocenters. The smallest absolute Gasteiger partial charge is 0.265 e. The van der Waals surface area contributed by atoms with E-state index in [-0.39, 0.29) is 18.4 Å². The number of carbonyl (C=O) groups is 2. The molecule has 0 saturated heterocycles. The van der Waals surface area contributed by atoms with Crippen LogP contribution in [0.1, 0.15) is 19.8 Å². The summed E-state index contributed by atoms with van der Waals surface area (Å²) in [6, 6.07) is 14.9. The quantitative estimate of drug-likeness (QED) is 0.775. The minimum atomic E-state index is -0.101. The Balaban J connectivity index is 1.64. The third-order valence-electron chi connectivity index (χ3n) is 4.04. The third kappa shape index (κ3) is 4.33. The van der Waals surface area contributed by atoms with Gasteiger partial charge < -0.3 is 19.7 Å². The number of fused-ring (bicyclic) bond motifs is 1. The SMILES string of the molecule is CCC(=O)Nc1ccc2c(c1)N(CCCOc1ccccc1)C(=O)CO2. The topological polar surface area (TPSA) is 67.9 Å². The number of para-hydroxylation sites is 1. The van der Waals surface area contributed by atoms with Gasteiger partial charge in [-0.05, 0) is 36.8 Å². The predicted molar refractivity (Wildman–Crippen MR) is 99.8 cm³/mol. The van der Waals surface area contributed by atoms with Crippen molar-refractivity contribution in [2.75, 3.05) is 30.0 Å². The maximum Gasteiger partial charge on any atom is 0.265 e. The van der Waals surface area contributed by atoms with Crippen molar-refractivity contribution in [2.24, 2.45) is 0 Å². The molecule has 0 aliphatic carbocycles. The normalized spacial score (nSPS) is 13.0. The number of hydrogen-bond acceptors (Lipinski definition) is 4. The molecule has 2 aromatic carbocycles. The van der Waals surface area contributed by atoms with E-state index in [0.717, 1.165) is 5.75 Å². The number of nitrogens with zero attached hydrogens (tertiary/aromatic N) is 1. The highest BCUT2D eigenvalue weighted by Crippen LogP contribution is 2.34. The fourth-order valence-electron chi connectivity index (χ4n) is 2.70. The first-order valence-corrected chi connectivity index (χ1v) is 8.72. The van der Waals surface area contributed by atoms with Crippen LogP contribution >= 0.6 is 0 Å². The number of ether oxygens (including phenoxy) is 2. The van der Waals surface area contributed by atoms with Gasteiger partial charge in [0, 0.05) is 18.7 Å². The van der Waals surface area contributed by atoms with Crippen molar-refractivity contribution in [3.63, 3.8) is 0 Å². The highest BCUT2D eigenvalue weighted by molar-refractivity contribution is 5.99. The van der Waals surface area contributed by atoms with Crippen molar-refractivity contribution < 1.29 is 19.1 Å². The molecule has 1 aliphatic heterocycles. The van der Waals surface area contributed by atoms with Gasteiger partial charge in [-0.25, -0.2) is 0 Å². The average Bonchev–Trinajstić information content (AvgIpc) is 2.67. The maximum absolute atomic E-state index is 12.3. The van der Waals surface area contributed by atoms with Crippen molar-refractivity contribution in [2.45, 2.75) is 19.8 Å². The van der Waals surface area contributed by atoms with Gasteiger partial charge in [-0.1, -0.05) is 25.1 Å². The molecule has 2 amide bonds. The first-order chi connectivity index (χ1) is 12.7. The number of anilines is 2. The fraction of sp³-hybridized carbons (Fsp3) is 0.300. The number of rotatable bonds is 7. The van der Waals surface area contributed by atoms with Crippen LogP contribution in [0.4, 0.5) is 11.4 Å². The first kappa shape index (κ1) is 17.8. The second-order valence-electron chi connectivity index (χ2n) is 5.93. The summed E-state index contributed by atoms with van der Waals surface area (Å²) in [6.07, 6.45) is 1.08. The van der Waals surface area contributed by atoms with Gasteiger partial charge in [0.05, 0.1) is 12.3 Å². The zero-order valence-electron chi connectivity index (χ0n) is 14.7. The fourth-order valence-corrected chi connectivity index (χ4v) is 2.70. The Morgan fingerprint density at radius 1 is 1.23 bits per heavy atom. The lowest BCUT2D eigenvalue weighted by Gasteiger charge is -2.29. The summed E-state index contributed by atoms with van der Waals surface area (Å²) in [5.41, 5.74) is 1.33. The van der Waals surface area contributed by atoms with E-state index in [1.165, 1.54) is 0 Å². The molecule has 1 N–H and O–H groups in total. The Bertz CT molecular complexity index is 777. The van der Waals surface area contributed by atoms with Crippen LogP contribution < -0.4 is 19.7 Å². The minimum Gasteiger partial charge on any atom is -0.494 e. The third-order valence-corrected chi connectivity index (χ3v) is 4.04. The lowest BCUT2D eigenvalue weighted by atomic mass is 10.2. The second kappa shape index (κ2) is 8.38. The van der Waals surface area contributed by atoms with E-state index in [2.05, 4.69) is 5.32 Å². The molecule has 26 heavy (non-hydrogen) atoms. The number of amides is 2. The van der Waals surface area contributed by atoms with Crippen LogP contribution in [0.3, 0.4) is 0 Å². The van der Waals surface area contributed by atoms with E-state index in [1.807, 2.05) is 30.3 Å². The van der Waals surface area contributed by atoms with E-state index in [0.29, 0.717) is 43.1 Å². The summed E-state index contributed by atoms with van der Waals surface area (Å²) in [5.74, 6) is 1.28. The molecule has 6 heteroatoms. The molecule has 0 aromatic heterocycles. The van der Waals surface area contributed by atoms with Crippen LogP contribution in [0.2, 0.25) is 0 Å². The molecular formula is C20H22N2O4. The van der Waals surface area contributed by atoms with E-state index in [1.54, 1.807) is 30.0 Å². The molecular weight excluding hydrogens is 332 g/mol. The van der Waals surface area contributed by atoms with E-state index in [4.69, 9.17) is 9.47 Å². The standard InChI is InChI=1S/C20H22N2O4/c1-2-19(23)21-15-9-10-18-17(13-15)22(20(24)14-26-18)11-6-12-25-16-7-4-3-5-8-16/h3-5,7-10,13H,2,6,11-12,14H2,1H3,(H,21,23). The van der Waals surface area contributed by atoms with Gasteiger partial charge in [0.25, 0.3) is 5.91 Å². The Morgan fingerprint density at radius 2 is 2.04 bits per heavy atom. The molecule has 1 heterocycles. The summed E-state index contributed by atoms with van der Waals surface area (Å²) < 4.78 is 11.2. The Morgan fingerprint density at radius 3 is 2.81 bits per heavy atom. The highest BCUT2D eigenvalue weighted by Gasteiger charge is 2.25. The van der Waals surface area contributed by atoms with Gasteiger partial charge in [0.2, 0.25) is 5.91 Å². The Kier molecular flexibility index (Phi) is 5.73. The van der Waals surface area contributed by atoms with Crippen LogP contribution in [0.15, 0.2) is 48.5 Å². The van der Waals surface area contributed by atoms with E-state index < -0.39 is 0 Å². The zero-order valence-corrected chi connectivity index (χ0v) is 14.7. The summed E-state index contributed by atoms with van der Waals surface area (Å²) in [5, 5.41) is 2.81. The molecule has 0 bridgehead atoms. The van der Waals surface area contributed by atoms with Crippen LogP contribution in [-0.4, -0.2) is 31.6 Å². The van der Waals surface area contributed by atoms with Crippen LogP contribution in [0, 0.1) is 0 Å². The average molecular weight is 354 g/mol. The highest BCUT2D eigenvalue weighted by atomic mass is 16.5. The molecule has 136 valence electrons. The number of benzene rings is 2. The van der Waals surface area contributed by atoms with Gasteiger partial charge in [0.1, 0.15) is 11.5 Å². The predicted octanol–water partition coefficient (Wildman–Crippen LogP) is 3.23. The molecule has 0 saturated carbocycles. The van der Waals surface area contributed by atoms with Gasteiger partial charge >= 0.3 is 0 Å². The van der Waals surface area contributed by atoms with Crippen molar-refractivity contribution in [1.82, 2.24) is 0 Å². The number of nitrogens with one attached hydrogen (secondary N) is 1. The van der Waals surface area contributed by atoms with Crippen LogP contribution in [0.25, 0.3) is 0 Å².